The summed E-state index contributed by atoms with van der Waals surface area (Å²) in [6, 6.07) is 0. The molecule has 12 heavy (non-hydrogen) atoms. The second-order valence-corrected chi connectivity index (χ2v) is 3.98. The summed E-state index contributed by atoms with van der Waals surface area (Å²) in [6.07, 6.45) is 2.41. The van der Waals surface area contributed by atoms with Crippen LogP contribution in [0, 0.1) is 0 Å². The monoisotopic (exact) mass is 184 g/mol. The smallest absolute Gasteiger partial charge is 0.222 e. The van der Waals surface area contributed by atoms with E-state index in [0.717, 1.165) is 18.1 Å². The number of aromatic hydroxyl groups is 1. The molecule has 1 fully saturated rings. The summed E-state index contributed by atoms with van der Waals surface area (Å²) in [6.45, 7) is 2.13. The molecule has 4 heteroatoms. The van der Waals surface area contributed by atoms with E-state index in [4.69, 9.17) is 5.11 Å². The second-order valence-electron chi connectivity index (χ2n) is 3.09. The van der Waals surface area contributed by atoms with Gasteiger partial charge in [0.2, 0.25) is 5.88 Å². The van der Waals surface area contributed by atoms with Crippen LogP contribution in [-0.4, -0.2) is 23.2 Å². The van der Waals surface area contributed by atoms with Gasteiger partial charge in [-0.25, -0.2) is 4.98 Å². The summed E-state index contributed by atoms with van der Waals surface area (Å²) in [4.78, 5) is 4.07. The summed E-state index contributed by atoms with van der Waals surface area (Å²) in [7, 11) is 0. The highest BCUT2D eigenvalue weighted by Crippen LogP contribution is 2.27. The van der Waals surface area contributed by atoms with E-state index in [2.05, 4.69) is 10.3 Å². The molecule has 0 bridgehead atoms. The van der Waals surface area contributed by atoms with Gasteiger partial charge in [-0.2, -0.15) is 0 Å². The Labute approximate surface area is 75.5 Å². The molecule has 0 spiro atoms. The van der Waals surface area contributed by atoms with Crippen LogP contribution < -0.4 is 5.32 Å². The molecule has 2 rings (SSSR count). The molecule has 3 nitrogen and oxygen atoms in total. The first-order chi connectivity index (χ1) is 5.86. The molecule has 1 aliphatic heterocycles. The maximum absolute atomic E-state index is 9.06. The van der Waals surface area contributed by atoms with Crippen LogP contribution in [-0.2, 0) is 0 Å². The van der Waals surface area contributed by atoms with E-state index in [1.54, 1.807) is 16.7 Å². The van der Waals surface area contributed by atoms with E-state index < -0.39 is 0 Å². The molecular weight excluding hydrogens is 172 g/mol. The molecule has 2 heterocycles. The highest BCUT2D eigenvalue weighted by atomic mass is 32.1. The molecule has 0 radical (unpaired) electrons. The topological polar surface area (TPSA) is 45.1 Å². The number of hydrogen-bond acceptors (Lipinski definition) is 4. The molecular formula is C8H12N2OS. The number of rotatable bonds is 1. The van der Waals surface area contributed by atoms with Crippen LogP contribution in [0.1, 0.15) is 23.8 Å². The van der Waals surface area contributed by atoms with Gasteiger partial charge >= 0.3 is 0 Å². The fourth-order valence-electron chi connectivity index (χ4n) is 1.53. The van der Waals surface area contributed by atoms with Crippen LogP contribution in [0.15, 0.2) is 5.38 Å². The molecule has 1 unspecified atom stereocenters. The Morgan fingerprint density at radius 3 is 3.17 bits per heavy atom. The molecule has 0 saturated carbocycles. The summed E-state index contributed by atoms with van der Waals surface area (Å²) in [5.74, 6) is 0.685. The van der Waals surface area contributed by atoms with Gasteiger partial charge < -0.3 is 10.4 Å². The van der Waals surface area contributed by atoms with Crippen molar-refractivity contribution in [2.45, 2.75) is 18.8 Å². The minimum Gasteiger partial charge on any atom is -0.493 e. The average molecular weight is 184 g/mol. The number of nitrogens with zero attached hydrogens (tertiary/aromatic N) is 1. The third kappa shape index (κ3) is 1.59. The number of hydrogen-bond donors (Lipinski definition) is 2. The molecule has 66 valence electrons. The zero-order chi connectivity index (χ0) is 8.39. The SMILES string of the molecule is Oc1csc(C2CCCNC2)n1. The van der Waals surface area contributed by atoms with Crippen molar-refractivity contribution in [1.82, 2.24) is 10.3 Å². The van der Waals surface area contributed by atoms with E-state index in [1.165, 1.54) is 12.8 Å². The van der Waals surface area contributed by atoms with Crippen molar-refractivity contribution in [2.75, 3.05) is 13.1 Å². The van der Waals surface area contributed by atoms with Crippen LogP contribution in [0.25, 0.3) is 0 Å². The van der Waals surface area contributed by atoms with Gasteiger partial charge in [-0.15, -0.1) is 11.3 Å². The Morgan fingerprint density at radius 1 is 1.67 bits per heavy atom. The van der Waals surface area contributed by atoms with Gasteiger partial charge in [-0.05, 0) is 19.4 Å². The third-order valence-electron chi connectivity index (χ3n) is 2.16. The third-order valence-corrected chi connectivity index (χ3v) is 3.15. The van der Waals surface area contributed by atoms with E-state index in [1.807, 2.05) is 0 Å². The van der Waals surface area contributed by atoms with Gasteiger partial charge in [0.25, 0.3) is 0 Å². The summed E-state index contributed by atoms with van der Waals surface area (Å²) in [5, 5.41) is 15.2. The number of thiazole rings is 1. The minimum absolute atomic E-state index is 0.167. The van der Waals surface area contributed by atoms with Crippen LogP contribution in [0.5, 0.6) is 5.88 Å². The lowest BCUT2D eigenvalue weighted by atomic mass is 10.0. The average Bonchev–Trinajstić information content (AvgIpc) is 2.54. The largest absolute Gasteiger partial charge is 0.493 e. The van der Waals surface area contributed by atoms with Gasteiger partial charge in [-0.1, -0.05) is 0 Å². The first-order valence-corrected chi connectivity index (χ1v) is 5.09. The Bertz CT molecular complexity index is 255. The number of aromatic nitrogens is 1. The Balaban J connectivity index is 2.08. The molecule has 1 atom stereocenters. The summed E-state index contributed by atoms with van der Waals surface area (Å²) >= 11 is 1.55. The standard InChI is InChI=1S/C8H12N2OS/c11-7-5-12-8(10-7)6-2-1-3-9-4-6/h5-6,9,11H,1-4H2. The van der Waals surface area contributed by atoms with Gasteiger partial charge in [0.15, 0.2) is 0 Å². The van der Waals surface area contributed by atoms with Crippen molar-refractivity contribution in [3.05, 3.63) is 10.4 Å². The van der Waals surface area contributed by atoms with Gasteiger partial charge in [-0.3, -0.25) is 0 Å². The zero-order valence-electron chi connectivity index (χ0n) is 6.79. The van der Waals surface area contributed by atoms with Crippen molar-refractivity contribution in [3.63, 3.8) is 0 Å². The fraction of sp³-hybridized carbons (Fsp3) is 0.625. The second kappa shape index (κ2) is 3.41. The van der Waals surface area contributed by atoms with E-state index in [9.17, 15) is 0 Å². The minimum atomic E-state index is 0.167. The fourth-order valence-corrected chi connectivity index (χ4v) is 2.35. The highest BCUT2D eigenvalue weighted by molar-refractivity contribution is 7.09. The quantitative estimate of drug-likeness (QED) is 0.692. The summed E-state index contributed by atoms with van der Waals surface area (Å²) in [5.41, 5.74) is 0. The van der Waals surface area contributed by atoms with Crippen LogP contribution >= 0.6 is 11.3 Å². The predicted molar refractivity (Wildman–Crippen MR) is 48.6 cm³/mol. The van der Waals surface area contributed by atoms with E-state index in [-0.39, 0.29) is 5.88 Å². The maximum atomic E-state index is 9.06. The molecule has 1 aliphatic rings. The summed E-state index contributed by atoms with van der Waals surface area (Å²) < 4.78 is 0. The zero-order valence-corrected chi connectivity index (χ0v) is 7.60. The molecule has 2 N–H and O–H groups in total. The Morgan fingerprint density at radius 2 is 2.58 bits per heavy atom. The van der Waals surface area contributed by atoms with Gasteiger partial charge in [0, 0.05) is 12.5 Å². The van der Waals surface area contributed by atoms with E-state index in [0.29, 0.717) is 5.92 Å². The van der Waals surface area contributed by atoms with Crippen molar-refractivity contribution >= 4 is 11.3 Å². The lowest BCUT2D eigenvalue weighted by Gasteiger charge is -2.20. The normalized spacial score (nSPS) is 24.2. The maximum Gasteiger partial charge on any atom is 0.222 e. The number of nitrogens with one attached hydrogen (secondary N) is 1. The van der Waals surface area contributed by atoms with Crippen LogP contribution in [0.4, 0.5) is 0 Å². The first-order valence-electron chi connectivity index (χ1n) is 4.21. The number of piperidine rings is 1. The molecule has 1 aromatic rings. The van der Waals surface area contributed by atoms with Crippen LogP contribution in [0.2, 0.25) is 0 Å². The first kappa shape index (κ1) is 8.01. The van der Waals surface area contributed by atoms with Crippen LogP contribution in [0.3, 0.4) is 0 Å². The van der Waals surface area contributed by atoms with Crippen molar-refractivity contribution in [3.8, 4) is 5.88 Å². The van der Waals surface area contributed by atoms with Crippen molar-refractivity contribution in [2.24, 2.45) is 0 Å². The predicted octanol–water partition coefficient (Wildman–Crippen LogP) is 1.32. The molecule has 0 aromatic carbocycles. The molecule has 0 amide bonds. The van der Waals surface area contributed by atoms with Gasteiger partial charge in [0.05, 0.1) is 5.38 Å². The van der Waals surface area contributed by atoms with Crippen molar-refractivity contribution < 1.29 is 5.11 Å². The van der Waals surface area contributed by atoms with Gasteiger partial charge in [0.1, 0.15) is 5.01 Å². The molecule has 1 saturated heterocycles. The van der Waals surface area contributed by atoms with E-state index >= 15 is 0 Å². The lowest BCUT2D eigenvalue weighted by Crippen LogP contribution is -2.28. The Hall–Kier alpha value is -0.610. The Kier molecular flexibility index (Phi) is 2.28. The molecule has 1 aromatic heterocycles. The van der Waals surface area contributed by atoms with Crippen molar-refractivity contribution in [1.29, 1.82) is 0 Å². The lowest BCUT2D eigenvalue weighted by molar-refractivity contribution is 0.438. The molecule has 0 aliphatic carbocycles. The highest BCUT2D eigenvalue weighted by Gasteiger charge is 2.17.